The molecule has 212 valence electrons. The van der Waals surface area contributed by atoms with Crippen molar-refractivity contribution >= 4 is 44.7 Å². The second kappa shape index (κ2) is 12.8. The monoisotopic (exact) mass is 548 g/mol. The lowest BCUT2D eigenvalue weighted by Gasteiger charge is -2.21. The molecule has 0 saturated carbocycles. The van der Waals surface area contributed by atoms with Gasteiger partial charge in [0.25, 0.3) is 0 Å². The Kier molecular flexibility index (Phi) is 8.54. The molecule has 2 aliphatic carbocycles. The molecule has 2 aromatic heterocycles. The maximum atomic E-state index is 12.7. The van der Waals surface area contributed by atoms with Gasteiger partial charge in [0.15, 0.2) is 11.6 Å². The minimum atomic E-state index is 0.227. The van der Waals surface area contributed by atoms with Crippen molar-refractivity contribution in [2.24, 2.45) is 0 Å². The van der Waals surface area contributed by atoms with Crippen LogP contribution in [0.4, 0.5) is 11.4 Å². The first-order valence-electron chi connectivity index (χ1n) is 15.6. The van der Waals surface area contributed by atoms with Crippen LogP contribution in [-0.4, -0.2) is 34.6 Å². The molecule has 6 nitrogen and oxygen atoms in total. The number of carbonyl (C=O) groups is 2. The summed E-state index contributed by atoms with van der Waals surface area (Å²) in [6.45, 7) is 1.75. The number of hydrogen-bond acceptors (Lipinski definition) is 6. The van der Waals surface area contributed by atoms with Crippen LogP contribution in [0.3, 0.4) is 0 Å². The molecule has 0 spiro atoms. The first kappa shape index (κ1) is 27.4. The van der Waals surface area contributed by atoms with E-state index in [1.807, 2.05) is 36.4 Å². The minimum absolute atomic E-state index is 0.227. The summed E-state index contributed by atoms with van der Waals surface area (Å²) in [6, 6.07) is 16.3. The summed E-state index contributed by atoms with van der Waals surface area (Å²) in [6.07, 6.45) is 13.0. The van der Waals surface area contributed by atoms with Crippen LogP contribution >= 0.6 is 0 Å². The Balaban J connectivity index is 0.935. The van der Waals surface area contributed by atoms with E-state index in [2.05, 4.69) is 22.8 Å². The van der Waals surface area contributed by atoms with E-state index in [1.54, 1.807) is 0 Å². The molecule has 41 heavy (non-hydrogen) atoms. The highest BCUT2D eigenvalue weighted by molar-refractivity contribution is 6.10. The number of carbonyl (C=O) groups excluding carboxylic acids is 2. The van der Waals surface area contributed by atoms with Crippen LogP contribution in [0.25, 0.3) is 21.8 Å². The van der Waals surface area contributed by atoms with Gasteiger partial charge in [-0.25, -0.2) is 0 Å². The highest BCUT2D eigenvalue weighted by Gasteiger charge is 2.25. The highest BCUT2D eigenvalue weighted by Crippen LogP contribution is 2.34. The number of unbranched alkanes of at least 4 members (excludes halogenated alkanes) is 6. The van der Waals surface area contributed by atoms with E-state index >= 15 is 0 Å². The second-order valence-corrected chi connectivity index (χ2v) is 11.5. The van der Waals surface area contributed by atoms with Crippen LogP contribution in [0.15, 0.2) is 48.5 Å². The van der Waals surface area contributed by atoms with Crippen molar-refractivity contribution in [2.45, 2.75) is 83.5 Å². The minimum Gasteiger partial charge on any atom is -0.384 e. The summed E-state index contributed by atoms with van der Waals surface area (Å²) in [7, 11) is 0. The molecule has 2 heterocycles. The average Bonchev–Trinajstić information content (AvgIpc) is 2.99. The van der Waals surface area contributed by atoms with Gasteiger partial charge in [0.2, 0.25) is 0 Å². The Hall–Kier alpha value is -3.80. The lowest BCUT2D eigenvalue weighted by Crippen LogP contribution is -2.17. The van der Waals surface area contributed by atoms with Gasteiger partial charge >= 0.3 is 0 Å². The summed E-state index contributed by atoms with van der Waals surface area (Å²) in [5, 5.41) is 9.35. The number of anilines is 2. The van der Waals surface area contributed by atoms with E-state index < -0.39 is 0 Å². The average molecular weight is 549 g/mol. The van der Waals surface area contributed by atoms with E-state index in [0.29, 0.717) is 12.8 Å². The summed E-state index contributed by atoms with van der Waals surface area (Å²) in [5.41, 5.74) is 7.51. The number of fused-ring (bicyclic) bond motifs is 4. The predicted octanol–water partition coefficient (Wildman–Crippen LogP) is 8.08. The normalized spacial score (nSPS) is 14.7. The van der Waals surface area contributed by atoms with Crippen molar-refractivity contribution in [1.82, 2.24) is 9.97 Å². The molecular weight excluding hydrogens is 508 g/mol. The van der Waals surface area contributed by atoms with Gasteiger partial charge in [-0.05, 0) is 50.7 Å². The fourth-order valence-electron chi connectivity index (χ4n) is 6.50. The largest absolute Gasteiger partial charge is 0.384 e. The van der Waals surface area contributed by atoms with Crippen LogP contribution in [0, 0.1) is 0 Å². The van der Waals surface area contributed by atoms with E-state index in [4.69, 9.17) is 9.97 Å². The molecular formula is C35H40N4O2. The third-order valence-electron chi connectivity index (χ3n) is 8.58. The smallest absolute Gasteiger partial charge is 0.166 e. The molecule has 0 amide bonds. The number of rotatable bonds is 12. The molecule has 6 rings (SSSR count). The number of benzene rings is 2. The topological polar surface area (TPSA) is 84.0 Å². The van der Waals surface area contributed by atoms with Gasteiger partial charge < -0.3 is 10.6 Å². The van der Waals surface area contributed by atoms with E-state index in [-0.39, 0.29) is 11.6 Å². The third kappa shape index (κ3) is 5.97. The molecule has 2 aromatic carbocycles. The predicted molar refractivity (Wildman–Crippen MR) is 167 cm³/mol. The van der Waals surface area contributed by atoms with Gasteiger partial charge in [-0.2, -0.15) is 0 Å². The standard InChI is InChI=1S/C35H40N4O2/c40-30-20-12-18-28-32(30)34(24-14-6-8-16-26(24)38-28)36-22-10-4-2-1-3-5-11-23-37-35-25-15-7-9-17-27(25)39-29-19-13-21-31(41)33(29)35/h6-9,14-17H,1-5,10-13,18-23H2,(H,36,38)(H,37,39). The number of pyridine rings is 2. The molecule has 4 aromatic rings. The number of aromatic nitrogens is 2. The Morgan fingerprint density at radius 1 is 0.537 bits per heavy atom. The van der Waals surface area contributed by atoms with Gasteiger partial charge in [-0.15, -0.1) is 0 Å². The third-order valence-corrected chi connectivity index (χ3v) is 8.58. The maximum Gasteiger partial charge on any atom is 0.166 e. The number of ketones is 2. The SMILES string of the molecule is O=C1CCCc2nc3ccccc3c(NCCCCCCCCCNc3c4c(nc5ccccc35)CCCC4=O)c21. The zero-order valence-corrected chi connectivity index (χ0v) is 23.9. The van der Waals surface area contributed by atoms with Crippen LogP contribution in [0.2, 0.25) is 0 Å². The Labute approximate surface area is 242 Å². The summed E-state index contributed by atoms with van der Waals surface area (Å²) in [5.74, 6) is 0.454. The van der Waals surface area contributed by atoms with Crippen molar-refractivity contribution in [2.75, 3.05) is 23.7 Å². The number of para-hydroxylation sites is 2. The van der Waals surface area contributed by atoms with E-state index in [9.17, 15) is 9.59 Å². The highest BCUT2D eigenvalue weighted by atomic mass is 16.1. The lowest BCUT2D eigenvalue weighted by atomic mass is 9.91. The van der Waals surface area contributed by atoms with E-state index in [0.717, 1.165) is 107 Å². The molecule has 0 bridgehead atoms. The quantitative estimate of drug-likeness (QED) is 0.174. The van der Waals surface area contributed by atoms with Gasteiger partial charge in [0.1, 0.15) is 0 Å². The van der Waals surface area contributed by atoms with Gasteiger partial charge in [-0.3, -0.25) is 19.6 Å². The van der Waals surface area contributed by atoms with Crippen LogP contribution in [-0.2, 0) is 12.8 Å². The second-order valence-electron chi connectivity index (χ2n) is 11.5. The number of nitrogens with zero attached hydrogens (tertiary/aromatic N) is 2. The fourth-order valence-corrected chi connectivity index (χ4v) is 6.50. The Bertz CT molecular complexity index is 1460. The maximum absolute atomic E-state index is 12.7. The number of nitrogens with one attached hydrogen (secondary N) is 2. The Morgan fingerprint density at radius 2 is 0.951 bits per heavy atom. The Morgan fingerprint density at radius 3 is 1.41 bits per heavy atom. The van der Waals surface area contributed by atoms with Crippen molar-refractivity contribution in [3.05, 3.63) is 71.0 Å². The van der Waals surface area contributed by atoms with Crippen molar-refractivity contribution < 1.29 is 9.59 Å². The molecule has 0 aliphatic heterocycles. The van der Waals surface area contributed by atoms with Gasteiger partial charge in [0.05, 0.1) is 44.9 Å². The molecule has 2 aliphatic rings. The number of hydrogen-bond donors (Lipinski definition) is 2. The zero-order valence-electron chi connectivity index (χ0n) is 23.9. The first-order valence-corrected chi connectivity index (χ1v) is 15.6. The molecule has 0 atom stereocenters. The summed E-state index contributed by atoms with van der Waals surface area (Å²) >= 11 is 0. The van der Waals surface area contributed by atoms with Crippen LogP contribution < -0.4 is 10.6 Å². The fraction of sp³-hybridized carbons (Fsp3) is 0.429. The van der Waals surface area contributed by atoms with Crippen molar-refractivity contribution in [3.63, 3.8) is 0 Å². The van der Waals surface area contributed by atoms with E-state index in [1.165, 1.54) is 32.1 Å². The van der Waals surface area contributed by atoms with Crippen molar-refractivity contribution in [1.29, 1.82) is 0 Å². The van der Waals surface area contributed by atoms with Crippen LogP contribution in [0.5, 0.6) is 0 Å². The molecule has 0 saturated heterocycles. The molecule has 6 heteroatoms. The molecule has 0 fully saturated rings. The van der Waals surface area contributed by atoms with Gasteiger partial charge in [-0.1, -0.05) is 68.5 Å². The first-order chi connectivity index (χ1) is 20.2. The number of Topliss-reactive ketones (excluding diaryl/α,β-unsaturated/α-hetero) is 2. The van der Waals surface area contributed by atoms with Crippen LogP contribution in [0.1, 0.15) is 103 Å². The zero-order chi connectivity index (χ0) is 28.0. The summed E-state index contributed by atoms with van der Waals surface area (Å²) < 4.78 is 0. The molecule has 2 N–H and O–H groups in total. The molecule has 0 unspecified atom stereocenters. The van der Waals surface area contributed by atoms with Gasteiger partial charge in [0, 0.05) is 36.7 Å². The number of aryl methyl sites for hydroxylation is 2. The summed E-state index contributed by atoms with van der Waals surface area (Å²) in [4.78, 5) is 35.1. The van der Waals surface area contributed by atoms with Crippen molar-refractivity contribution in [3.8, 4) is 0 Å². The lowest BCUT2D eigenvalue weighted by molar-refractivity contribution is 0.0964. The molecule has 0 radical (unpaired) electrons.